The van der Waals surface area contributed by atoms with Crippen molar-refractivity contribution < 1.29 is 9.53 Å². The number of hydrogen-bond acceptors (Lipinski definition) is 4. The Morgan fingerprint density at radius 3 is 2.52 bits per heavy atom. The maximum Gasteiger partial charge on any atom is 0.241 e. The van der Waals surface area contributed by atoms with Crippen LogP contribution >= 0.6 is 24.8 Å². The Balaban J connectivity index is 0.00000156. The Kier molecular flexibility index (Phi) is 8.04. The Morgan fingerprint density at radius 1 is 1.24 bits per heavy atom. The third kappa shape index (κ3) is 3.96. The van der Waals surface area contributed by atoms with Crippen molar-refractivity contribution in [1.82, 2.24) is 10.2 Å². The Labute approximate surface area is 164 Å². The molecular weight excluding hydrogens is 361 g/mol. The molecule has 1 aliphatic carbocycles. The molecule has 0 bridgehead atoms. The van der Waals surface area contributed by atoms with Gasteiger partial charge >= 0.3 is 0 Å². The van der Waals surface area contributed by atoms with Crippen LogP contribution in [0.15, 0.2) is 0 Å². The fourth-order valence-electron chi connectivity index (χ4n) is 4.80. The first-order valence-corrected chi connectivity index (χ1v) is 9.28. The van der Waals surface area contributed by atoms with Crippen molar-refractivity contribution in [2.24, 2.45) is 23.0 Å². The molecule has 1 saturated carbocycles. The van der Waals surface area contributed by atoms with Gasteiger partial charge in [0.2, 0.25) is 5.91 Å². The maximum atomic E-state index is 12.8. The number of rotatable bonds is 4. The average molecular weight is 396 g/mol. The predicted octanol–water partition coefficient (Wildman–Crippen LogP) is 2.21. The van der Waals surface area contributed by atoms with Gasteiger partial charge in [-0.2, -0.15) is 0 Å². The zero-order valence-corrected chi connectivity index (χ0v) is 17.4. The maximum absolute atomic E-state index is 12.8. The number of nitrogens with zero attached hydrogens (tertiary/aromatic N) is 1. The smallest absolute Gasteiger partial charge is 0.241 e. The summed E-state index contributed by atoms with van der Waals surface area (Å²) in [4.78, 5) is 15.2. The second-order valence-electron chi connectivity index (χ2n) is 8.41. The van der Waals surface area contributed by atoms with Crippen molar-refractivity contribution in [2.75, 3.05) is 32.8 Å². The highest BCUT2D eigenvalue weighted by molar-refractivity contribution is 5.89. The van der Waals surface area contributed by atoms with Gasteiger partial charge in [-0.15, -0.1) is 24.8 Å². The van der Waals surface area contributed by atoms with Crippen LogP contribution in [0.2, 0.25) is 0 Å². The van der Waals surface area contributed by atoms with Crippen LogP contribution in [0.3, 0.4) is 0 Å². The SMILES string of the molecule is CC1CCN(CCNC(=O)C2(N)C3CCCOC3C2(C)C)CC1.Cl.Cl. The molecule has 25 heavy (non-hydrogen) atoms. The summed E-state index contributed by atoms with van der Waals surface area (Å²) in [6, 6.07) is 0. The molecule has 0 spiro atoms. The predicted molar refractivity (Wildman–Crippen MR) is 106 cm³/mol. The largest absolute Gasteiger partial charge is 0.377 e. The molecule has 3 N–H and O–H groups in total. The Hall–Kier alpha value is -0.0700. The van der Waals surface area contributed by atoms with E-state index in [2.05, 4.69) is 31.0 Å². The number of hydrogen-bond donors (Lipinski definition) is 2. The molecule has 7 heteroatoms. The van der Waals surface area contributed by atoms with Crippen molar-refractivity contribution in [1.29, 1.82) is 0 Å². The van der Waals surface area contributed by atoms with Gasteiger partial charge in [0.05, 0.1) is 6.10 Å². The number of likely N-dealkylation sites (tertiary alicyclic amines) is 1. The molecular formula is C18H35Cl2N3O2. The molecule has 3 aliphatic rings. The van der Waals surface area contributed by atoms with Crippen LogP contribution in [-0.4, -0.2) is 55.2 Å². The van der Waals surface area contributed by atoms with Crippen LogP contribution in [-0.2, 0) is 9.53 Å². The van der Waals surface area contributed by atoms with E-state index in [9.17, 15) is 4.79 Å². The van der Waals surface area contributed by atoms with Gasteiger partial charge in [0.25, 0.3) is 0 Å². The molecule has 3 fully saturated rings. The van der Waals surface area contributed by atoms with E-state index in [4.69, 9.17) is 10.5 Å². The molecule has 2 heterocycles. The lowest BCUT2D eigenvalue weighted by atomic mass is 9.46. The van der Waals surface area contributed by atoms with Gasteiger partial charge in [0.15, 0.2) is 0 Å². The first kappa shape index (κ1) is 23.0. The third-order valence-electron chi connectivity index (χ3n) is 6.65. The van der Waals surface area contributed by atoms with E-state index >= 15 is 0 Å². The molecule has 0 aromatic rings. The summed E-state index contributed by atoms with van der Waals surface area (Å²) in [7, 11) is 0. The Bertz CT molecular complexity index is 456. The third-order valence-corrected chi connectivity index (χ3v) is 6.65. The van der Waals surface area contributed by atoms with Crippen molar-refractivity contribution >= 4 is 30.7 Å². The van der Waals surface area contributed by atoms with Gasteiger partial charge in [0, 0.05) is 31.0 Å². The number of fused-ring (bicyclic) bond motifs is 1. The van der Waals surface area contributed by atoms with Crippen molar-refractivity contribution in [3.05, 3.63) is 0 Å². The average Bonchev–Trinajstić information content (AvgIpc) is 2.55. The first-order valence-electron chi connectivity index (χ1n) is 9.28. The molecule has 1 amide bonds. The summed E-state index contributed by atoms with van der Waals surface area (Å²) in [5.74, 6) is 1.02. The van der Waals surface area contributed by atoms with E-state index in [1.807, 2.05) is 0 Å². The summed E-state index contributed by atoms with van der Waals surface area (Å²) < 4.78 is 5.88. The number of nitrogens with two attached hydrogens (primary N) is 1. The van der Waals surface area contributed by atoms with Gasteiger partial charge in [-0.3, -0.25) is 4.79 Å². The minimum absolute atomic E-state index is 0. The fourth-order valence-corrected chi connectivity index (χ4v) is 4.80. The number of carbonyl (C=O) groups is 1. The van der Waals surface area contributed by atoms with Gasteiger partial charge < -0.3 is 20.7 Å². The van der Waals surface area contributed by atoms with Crippen LogP contribution in [0.5, 0.6) is 0 Å². The molecule has 2 saturated heterocycles. The molecule has 0 radical (unpaired) electrons. The lowest BCUT2D eigenvalue weighted by Crippen LogP contribution is -2.82. The van der Waals surface area contributed by atoms with E-state index in [0.29, 0.717) is 6.54 Å². The van der Waals surface area contributed by atoms with Crippen LogP contribution in [0, 0.1) is 17.3 Å². The molecule has 3 rings (SSSR count). The second kappa shape index (κ2) is 8.75. The minimum atomic E-state index is -0.783. The number of piperidine rings is 1. The number of amides is 1. The van der Waals surface area contributed by atoms with Crippen molar-refractivity contribution in [2.45, 2.75) is 58.1 Å². The molecule has 148 valence electrons. The van der Waals surface area contributed by atoms with E-state index < -0.39 is 5.54 Å². The topological polar surface area (TPSA) is 67.6 Å². The van der Waals surface area contributed by atoms with E-state index in [0.717, 1.165) is 45.0 Å². The van der Waals surface area contributed by atoms with Crippen LogP contribution < -0.4 is 11.1 Å². The molecule has 0 aromatic heterocycles. The Morgan fingerprint density at radius 2 is 1.88 bits per heavy atom. The number of ether oxygens (including phenoxy) is 1. The summed E-state index contributed by atoms with van der Waals surface area (Å²) in [5.41, 5.74) is 5.54. The zero-order chi connectivity index (χ0) is 16.7. The van der Waals surface area contributed by atoms with Crippen LogP contribution in [0.1, 0.15) is 46.5 Å². The van der Waals surface area contributed by atoms with E-state index in [-0.39, 0.29) is 48.2 Å². The van der Waals surface area contributed by atoms with Gasteiger partial charge in [0.1, 0.15) is 5.54 Å². The lowest BCUT2D eigenvalue weighted by Gasteiger charge is -2.65. The van der Waals surface area contributed by atoms with Crippen molar-refractivity contribution in [3.8, 4) is 0 Å². The highest BCUT2D eigenvalue weighted by Gasteiger charge is 2.70. The number of nitrogens with one attached hydrogen (secondary N) is 1. The van der Waals surface area contributed by atoms with Crippen molar-refractivity contribution in [3.63, 3.8) is 0 Å². The summed E-state index contributed by atoms with van der Waals surface area (Å²) in [5, 5.41) is 3.11. The normalized spacial score (nSPS) is 34.7. The number of carbonyl (C=O) groups excluding carboxylic acids is 1. The molecule has 5 nitrogen and oxygen atoms in total. The minimum Gasteiger partial charge on any atom is -0.377 e. The first-order chi connectivity index (χ1) is 10.9. The van der Waals surface area contributed by atoms with Crippen LogP contribution in [0.4, 0.5) is 0 Å². The zero-order valence-electron chi connectivity index (χ0n) is 15.8. The molecule has 3 unspecified atom stereocenters. The van der Waals surface area contributed by atoms with Crippen LogP contribution in [0.25, 0.3) is 0 Å². The van der Waals surface area contributed by atoms with E-state index in [1.54, 1.807) is 0 Å². The summed E-state index contributed by atoms with van der Waals surface area (Å²) in [6.07, 6.45) is 4.68. The van der Waals surface area contributed by atoms with Gasteiger partial charge in [-0.05, 0) is 44.7 Å². The lowest BCUT2D eigenvalue weighted by molar-refractivity contribution is -0.225. The molecule has 2 aliphatic heterocycles. The molecule has 3 atom stereocenters. The highest BCUT2D eigenvalue weighted by Crippen LogP contribution is 2.57. The van der Waals surface area contributed by atoms with E-state index in [1.165, 1.54) is 12.8 Å². The molecule has 0 aromatic carbocycles. The van der Waals surface area contributed by atoms with Gasteiger partial charge in [-0.1, -0.05) is 20.8 Å². The quantitative estimate of drug-likeness (QED) is 0.765. The standard InChI is InChI=1S/C18H33N3O2.2ClH/c1-13-6-9-21(10-7-13)11-8-20-16(22)18(19)14-5-4-12-23-15(14)17(18,2)3;;/h13-15H,4-12,19H2,1-3H3,(H,20,22);2*1H. The fraction of sp³-hybridized carbons (Fsp3) is 0.944. The second-order valence-corrected chi connectivity index (χ2v) is 8.41. The summed E-state index contributed by atoms with van der Waals surface area (Å²) >= 11 is 0. The number of halogens is 2. The highest BCUT2D eigenvalue weighted by atomic mass is 35.5. The monoisotopic (exact) mass is 395 g/mol. The summed E-state index contributed by atoms with van der Waals surface area (Å²) in [6.45, 7) is 11.2. The van der Waals surface area contributed by atoms with Gasteiger partial charge in [-0.25, -0.2) is 0 Å².